The van der Waals surface area contributed by atoms with E-state index < -0.39 is 27.9 Å². The van der Waals surface area contributed by atoms with Gasteiger partial charge in [-0.05, 0) is 42.5 Å². The molecule has 0 aliphatic carbocycles. The van der Waals surface area contributed by atoms with Crippen LogP contribution in [0.1, 0.15) is 18.9 Å². The van der Waals surface area contributed by atoms with Crippen molar-refractivity contribution in [2.45, 2.75) is 53.6 Å². The molecule has 1 aromatic carbocycles. The molecule has 37 heavy (non-hydrogen) atoms. The SMILES string of the molecule is C[C@](O)(c1ccc(N2CCN(S(=O)(=O)c3cccs3)C[C@@H]2CN2[C@H]3COC[C@@H]2[C@H](O)C3)cc1)C(F)(F)F. The molecule has 204 valence electrons. The van der Waals surface area contributed by atoms with Crippen LogP contribution in [0.3, 0.4) is 0 Å². The Bertz CT molecular complexity index is 1190. The van der Waals surface area contributed by atoms with Gasteiger partial charge in [-0.3, -0.25) is 4.90 Å². The molecule has 2 N–H and O–H groups in total. The van der Waals surface area contributed by atoms with E-state index in [4.69, 9.17) is 4.74 Å². The van der Waals surface area contributed by atoms with Gasteiger partial charge in [0.05, 0.1) is 31.4 Å². The van der Waals surface area contributed by atoms with Gasteiger partial charge in [-0.25, -0.2) is 8.42 Å². The molecule has 3 saturated heterocycles. The van der Waals surface area contributed by atoms with Crippen molar-refractivity contribution in [3.8, 4) is 0 Å². The van der Waals surface area contributed by atoms with Gasteiger partial charge in [-0.15, -0.1) is 11.3 Å². The standard InChI is InChI=1S/C24H30F3N3O5S2/c1-23(32,24(25,26)27)16-4-6-17(7-5-16)29-9-8-28(37(33,34)22-3-2-10-36-22)12-19(29)13-30-18-11-21(31)20(30)15-35-14-18/h2-7,10,18-21,31-32H,8-9,11-15H2,1H3/t18-,19-,20-,21-,23+/m1/s1. The number of piperazine rings is 1. The Balaban J connectivity index is 1.43. The molecule has 3 aliphatic rings. The number of sulfonamides is 1. The zero-order valence-electron chi connectivity index (χ0n) is 20.2. The summed E-state index contributed by atoms with van der Waals surface area (Å²) in [6.07, 6.45) is -4.77. The molecule has 1 aromatic heterocycles. The molecule has 0 radical (unpaired) electrons. The van der Waals surface area contributed by atoms with Crippen molar-refractivity contribution in [1.29, 1.82) is 0 Å². The molecule has 8 nitrogen and oxygen atoms in total. The van der Waals surface area contributed by atoms with E-state index in [1.165, 1.54) is 28.6 Å². The van der Waals surface area contributed by atoms with Crippen molar-refractivity contribution in [3.63, 3.8) is 0 Å². The molecule has 4 heterocycles. The largest absolute Gasteiger partial charge is 0.421 e. The molecule has 0 saturated carbocycles. The van der Waals surface area contributed by atoms with E-state index >= 15 is 0 Å². The molecule has 2 aromatic rings. The second-order valence-corrected chi connectivity index (χ2v) is 13.1. The van der Waals surface area contributed by atoms with Crippen LogP contribution in [-0.4, -0.2) is 97.6 Å². The summed E-state index contributed by atoms with van der Waals surface area (Å²) >= 11 is 1.16. The van der Waals surface area contributed by atoms with Crippen LogP contribution in [0.5, 0.6) is 0 Å². The van der Waals surface area contributed by atoms with Crippen molar-refractivity contribution in [2.24, 2.45) is 0 Å². The Morgan fingerprint density at radius 3 is 2.49 bits per heavy atom. The summed E-state index contributed by atoms with van der Waals surface area (Å²) in [7, 11) is -3.69. The molecule has 3 fully saturated rings. The highest BCUT2D eigenvalue weighted by atomic mass is 32.2. The second-order valence-electron chi connectivity index (χ2n) is 10.0. The summed E-state index contributed by atoms with van der Waals surface area (Å²) in [5.74, 6) is 0. The summed E-state index contributed by atoms with van der Waals surface area (Å²) in [6, 6.07) is 8.38. The number of hydrogen-bond donors (Lipinski definition) is 2. The number of halogens is 3. The number of rotatable bonds is 6. The average Bonchev–Trinajstić information content (AvgIpc) is 3.44. The van der Waals surface area contributed by atoms with Crippen LogP contribution < -0.4 is 4.90 Å². The first-order chi connectivity index (χ1) is 17.4. The van der Waals surface area contributed by atoms with Crippen molar-refractivity contribution in [3.05, 3.63) is 47.3 Å². The molecule has 0 spiro atoms. The first-order valence-electron chi connectivity index (χ1n) is 12.1. The summed E-state index contributed by atoms with van der Waals surface area (Å²) < 4.78 is 73.9. The van der Waals surface area contributed by atoms with Crippen molar-refractivity contribution in [2.75, 3.05) is 44.3 Å². The summed E-state index contributed by atoms with van der Waals surface area (Å²) in [5.41, 5.74) is -2.61. The maximum atomic E-state index is 13.3. The summed E-state index contributed by atoms with van der Waals surface area (Å²) in [5, 5.41) is 22.3. The number of thiophene rings is 1. The smallest absolute Gasteiger partial charge is 0.391 e. The van der Waals surface area contributed by atoms with Gasteiger partial charge in [0.15, 0.2) is 5.60 Å². The monoisotopic (exact) mass is 561 g/mol. The number of alkyl halides is 3. The van der Waals surface area contributed by atoms with E-state index in [1.54, 1.807) is 17.5 Å². The molecular formula is C24H30F3N3O5S2. The maximum absolute atomic E-state index is 13.3. The van der Waals surface area contributed by atoms with Gasteiger partial charge in [-0.2, -0.15) is 17.5 Å². The number of aliphatic hydroxyl groups excluding tert-OH is 1. The predicted octanol–water partition coefficient (Wildman–Crippen LogP) is 2.23. The number of ether oxygens (including phenoxy) is 1. The first-order valence-corrected chi connectivity index (χ1v) is 14.4. The number of benzene rings is 1. The minimum atomic E-state index is -4.82. The molecule has 2 bridgehead atoms. The van der Waals surface area contributed by atoms with E-state index in [0.29, 0.717) is 38.4 Å². The molecule has 5 rings (SSSR count). The highest BCUT2D eigenvalue weighted by Crippen LogP contribution is 2.39. The van der Waals surface area contributed by atoms with Gasteiger partial charge in [0.1, 0.15) is 4.21 Å². The zero-order valence-corrected chi connectivity index (χ0v) is 21.8. The van der Waals surface area contributed by atoms with Crippen LogP contribution >= 0.6 is 11.3 Å². The summed E-state index contributed by atoms with van der Waals surface area (Å²) in [6.45, 7) is 2.81. The van der Waals surface area contributed by atoms with Gasteiger partial charge in [0.2, 0.25) is 0 Å². The molecule has 3 aliphatic heterocycles. The van der Waals surface area contributed by atoms with Crippen molar-refractivity contribution >= 4 is 27.0 Å². The fraction of sp³-hybridized carbons (Fsp3) is 0.583. The highest BCUT2D eigenvalue weighted by molar-refractivity contribution is 7.91. The molecule has 5 atom stereocenters. The van der Waals surface area contributed by atoms with Crippen LogP contribution in [0.25, 0.3) is 0 Å². The van der Waals surface area contributed by atoms with Gasteiger partial charge in [0, 0.05) is 37.9 Å². The third kappa shape index (κ3) is 4.90. The van der Waals surface area contributed by atoms with E-state index in [9.17, 15) is 31.8 Å². The fourth-order valence-electron chi connectivity index (χ4n) is 5.51. The van der Waals surface area contributed by atoms with Gasteiger partial charge >= 0.3 is 6.18 Å². The van der Waals surface area contributed by atoms with Crippen molar-refractivity contribution in [1.82, 2.24) is 9.21 Å². The molecule has 13 heteroatoms. The second kappa shape index (κ2) is 9.78. The van der Waals surface area contributed by atoms with E-state index in [-0.39, 0.29) is 41.0 Å². The van der Waals surface area contributed by atoms with Crippen LogP contribution in [0, 0.1) is 0 Å². The van der Waals surface area contributed by atoms with Crippen LogP contribution in [0.4, 0.5) is 18.9 Å². The van der Waals surface area contributed by atoms with E-state index in [2.05, 4.69) is 4.90 Å². The fourth-order valence-corrected chi connectivity index (χ4v) is 8.12. The Morgan fingerprint density at radius 2 is 1.86 bits per heavy atom. The minimum Gasteiger partial charge on any atom is -0.391 e. The topological polar surface area (TPSA) is 93.6 Å². The third-order valence-electron chi connectivity index (χ3n) is 7.72. The average molecular weight is 562 g/mol. The van der Waals surface area contributed by atoms with Crippen LogP contribution in [0.15, 0.2) is 46.0 Å². The number of hydrogen-bond acceptors (Lipinski definition) is 8. The zero-order chi connectivity index (χ0) is 26.6. The Hall–Kier alpha value is -1.74. The Morgan fingerprint density at radius 1 is 1.14 bits per heavy atom. The number of fused-ring (bicyclic) bond motifs is 2. The van der Waals surface area contributed by atoms with Gasteiger partial charge < -0.3 is 19.8 Å². The molecular weight excluding hydrogens is 531 g/mol. The lowest BCUT2D eigenvalue weighted by Gasteiger charge is -2.46. The maximum Gasteiger partial charge on any atom is 0.421 e. The minimum absolute atomic E-state index is 0.0177. The number of morpholine rings is 1. The van der Waals surface area contributed by atoms with E-state index in [0.717, 1.165) is 18.3 Å². The lowest BCUT2D eigenvalue weighted by Crippen LogP contribution is -2.61. The normalized spacial score (nSPS) is 29.4. The number of anilines is 1. The first kappa shape index (κ1) is 26.9. The van der Waals surface area contributed by atoms with E-state index in [1.807, 2.05) is 4.90 Å². The number of nitrogens with zero attached hydrogens (tertiary/aromatic N) is 3. The predicted molar refractivity (Wildman–Crippen MR) is 132 cm³/mol. The quantitative estimate of drug-likeness (QED) is 0.559. The van der Waals surface area contributed by atoms with Crippen LogP contribution in [0.2, 0.25) is 0 Å². The lowest BCUT2D eigenvalue weighted by molar-refractivity contribution is -0.258. The Kier molecular flexibility index (Phi) is 7.10. The summed E-state index contributed by atoms with van der Waals surface area (Å²) in [4.78, 5) is 4.18. The Labute approximate surface area is 217 Å². The van der Waals surface area contributed by atoms with Crippen LogP contribution in [-0.2, 0) is 20.4 Å². The van der Waals surface area contributed by atoms with Gasteiger partial charge in [-0.1, -0.05) is 18.2 Å². The molecule has 0 amide bonds. The van der Waals surface area contributed by atoms with Gasteiger partial charge in [0.25, 0.3) is 10.0 Å². The highest BCUT2D eigenvalue weighted by Gasteiger charge is 2.51. The third-order valence-corrected chi connectivity index (χ3v) is 11.0. The number of aliphatic hydroxyl groups is 2. The van der Waals surface area contributed by atoms with Crippen molar-refractivity contribution < 1.29 is 36.5 Å². The lowest BCUT2D eigenvalue weighted by atomic mass is 9.95. The molecule has 0 unspecified atom stereocenters.